The van der Waals surface area contributed by atoms with E-state index in [1.807, 2.05) is 13.0 Å². The number of guanidine groups is 1. The van der Waals surface area contributed by atoms with Crippen molar-refractivity contribution in [3.63, 3.8) is 0 Å². The first-order valence-corrected chi connectivity index (χ1v) is 8.58. The zero-order valence-corrected chi connectivity index (χ0v) is 18.4. The van der Waals surface area contributed by atoms with E-state index in [-0.39, 0.29) is 42.2 Å². The highest BCUT2D eigenvalue weighted by atomic mass is 127. The van der Waals surface area contributed by atoms with Gasteiger partial charge in [0.05, 0.1) is 13.1 Å². The minimum atomic E-state index is -0.366. The molecule has 9 heteroatoms. The summed E-state index contributed by atoms with van der Waals surface area (Å²) in [6.07, 6.45) is 1.65. The van der Waals surface area contributed by atoms with E-state index in [4.69, 9.17) is 4.74 Å². The first kappa shape index (κ1) is 23.6. The molecule has 2 rings (SSSR count). The molecule has 152 valence electrons. The van der Waals surface area contributed by atoms with Crippen molar-refractivity contribution in [1.82, 2.24) is 20.5 Å². The molecule has 0 aliphatic heterocycles. The molecule has 1 aromatic carbocycles. The van der Waals surface area contributed by atoms with Gasteiger partial charge >= 0.3 is 0 Å². The number of aromatic nitrogens is 1. The molecule has 1 aromatic heterocycles. The van der Waals surface area contributed by atoms with Crippen LogP contribution in [0, 0.1) is 5.82 Å². The Hall–Kier alpha value is -2.43. The van der Waals surface area contributed by atoms with E-state index in [0.29, 0.717) is 30.7 Å². The standard InChI is InChI=1S/C19H24FN5O2.HI/c1-4-21-19(24-13-18(26)25(2)3)23-12-14-8-9-17(22-11-14)27-16-7-5-6-15(20)10-16;/h5-11H,4,12-13H2,1-3H3,(H2,21,23,24);1H. The number of rotatable bonds is 7. The molecule has 0 unspecified atom stereocenters. The van der Waals surface area contributed by atoms with Crippen LogP contribution in [0.25, 0.3) is 0 Å². The smallest absolute Gasteiger partial charge is 0.241 e. The maximum absolute atomic E-state index is 13.2. The molecule has 0 aliphatic carbocycles. The Morgan fingerprint density at radius 3 is 2.64 bits per heavy atom. The van der Waals surface area contributed by atoms with E-state index in [0.717, 1.165) is 5.56 Å². The number of amides is 1. The van der Waals surface area contributed by atoms with Gasteiger partial charge in [0.15, 0.2) is 5.96 Å². The van der Waals surface area contributed by atoms with Crippen LogP contribution in [0.3, 0.4) is 0 Å². The van der Waals surface area contributed by atoms with Gasteiger partial charge in [-0.3, -0.25) is 4.79 Å². The lowest BCUT2D eigenvalue weighted by Gasteiger charge is -2.14. The van der Waals surface area contributed by atoms with Gasteiger partial charge in [0.1, 0.15) is 11.6 Å². The second-order valence-corrected chi connectivity index (χ2v) is 5.90. The van der Waals surface area contributed by atoms with Crippen LogP contribution >= 0.6 is 24.0 Å². The number of hydrogen-bond donors (Lipinski definition) is 2. The summed E-state index contributed by atoms with van der Waals surface area (Å²) in [5, 5.41) is 6.07. The Morgan fingerprint density at radius 2 is 2.04 bits per heavy atom. The minimum absolute atomic E-state index is 0. The van der Waals surface area contributed by atoms with E-state index in [2.05, 4.69) is 20.6 Å². The third-order valence-corrected chi connectivity index (χ3v) is 3.49. The summed E-state index contributed by atoms with van der Waals surface area (Å²) in [5.41, 5.74) is 0.873. The molecular weight excluding hydrogens is 476 g/mol. The van der Waals surface area contributed by atoms with Gasteiger partial charge in [-0.1, -0.05) is 12.1 Å². The molecule has 2 N–H and O–H groups in total. The lowest BCUT2D eigenvalue weighted by Crippen LogP contribution is -2.42. The van der Waals surface area contributed by atoms with Crippen LogP contribution in [0.1, 0.15) is 12.5 Å². The lowest BCUT2D eigenvalue weighted by molar-refractivity contribution is -0.127. The van der Waals surface area contributed by atoms with Crippen LogP contribution < -0.4 is 15.4 Å². The van der Waals surface area contributed by atoms with Gasteiger partial charge in [-0.2, -0.15) is 0 Å². The van der Waals surface area contributed by atoms with Crippen LogP contribution in [0.4, 0.5) is 4.39 Å². The Bertz CT molecular complexity index is 784. The molecule has 0 saturated heterocycles. The van der Waals surface area contributed by atoms with E-state index in [9.17, 15) is 9.18 Å². The van der Waals surface area contributed by atoms with Crippen LogP contribution in [-0.4, -0.2) is 48.9 Å². The highest BCUT2D eigenvalue weighted by Crippen LogP contribution is 2.20. The molecule has 0 atom stereocenters. The number of hydrogen-bond acceptors (Lipinski definition) is 4. The van der Waals surface area contributed by atoms with Crippen molar-refractivity contribution in [2.75, 3.05) is 27.2 Å². The van der Waals surface area contributed by atoms with Gasteiger partial charge in [0, 0.05) is 39.0 Å². The second kappa shape index (κ2) is 12.1. The zero-order valence-electron chi connectivity index (χ0n) is 16.1. The summed E-state index contributed by atoms with van der Waals surface area (Å²) < 4.78 is 18.7. The Morgan fingerprint density at radius 1 is 1.25 bits per heavy atom. The van der Waals surface area contributed by atoms with E-state index < -0.39 is 0 Å². The van der Waals surface area contributed by atoms with Gasteiger partial charge in [0.25, 0.3) is 0 Å². The summed E-state index contributed by atoms with van der Waals surface area (Å²) in [6, 6.07) is 9.41. The second-order valence-electron chi connectivity index (χ2n) is 5.90. The number of nitrogens with one attached hydrogen (secondary N) is 2. The third kappa shape index (κ3) is 8.07. The summed E-state index contributed by atoms with van der Waals surface area (Å²) in [5.74, 6) is 0.899. The largest absolute Gasteiger partial charge is 0.439 e. The monoisotopic (exact) mass is 501 g/mol. The molecule has 1 amide bonds. The maximum Gasteiger partial charge on any atom is 0.241 e. The van der Waals surface area contributed by atoms with Crippen molar-refractivity contribution in [3.8, 4) is 11.6 Å². The number of carbonyl (C=O) groups is 1. The fraction of sp³-hybridized carbons (Fsp3) is 0.316. The molecule has 28 heavy (non-hydrogen) atoms. The molecule has 0 fully saturated rings. The molecule has 0 saturated carbocycles. The first-order chi connectivity index (χ1) is 13.0. The molecule has 2 aromatic rings. The molecular formula is C19H25FIN5O2. The summed E-state index contributed by atoms with van der Waals surface area (Å²) in [6.45, 7) is 3.18. The average Bonchev–Trinajstić information content (AvgIpc) is 2.65. The number of nitrogens with zero attached hydrogens (tertiary/aromatic N) is 3. The number of likely N-dealkylation sites (N-methyl/N-ethyl adjacent to an activating group) is 1. The number of ether oxygens (including phenoxy) is 1. The quantitative estimate of drug-likeness (QED) is 0.347. The molecule has 0 aliphatic rings. The fourth-order valence-electron chi connectivity index (χ4n) is 2.05. The van der Waals surface area contributed by atoms with Crippen LogP contribution in [0.5, 0.6) is 11.6 Å². The number of carbonyl (C=O) groups excluding carboxylic acids is 1. The van der Waals surface area contributed by atoms with Crippen LogP contribution in [0.2, 0.25) is 0 Å². The van der Waals surface area contributed by atoms with Crippen LogP contribution in [-0.2, 0) is 11.3 Å². The highest BCUT2D eigenvalue weighted by Gasteiger charge is 2.05. The molecule has 0 bridgehead atoms. The van der Waals surface area contributed by atoms with E-state index in [1.165, 1.54) is 17.0 Å². The Balaban J connectivity index is 0.00000392. The highest BCUT2D eigenvalue weighted by molar-refractivity contribution is 14.0. The minimum Gasteiger partial charge on any atom is -0.439 e. The van der Waals surface area contributed by atoms with Gasteiger partial charge < -0.3 is 20.3 Å². The van der Waals surface area contributed by atoms with Crippen molar-refractivity contribution in [1.29, 1.82) is 0 Å². The predicted molar refractivity (Wildman–Crippen MR) is 118 cm³/mol. The van der Waals surface area contributed by atoms with Crippen molar-refractivity contribution >= 4 is 35.8 Å². The lowest BCUT2D eigenvalue weighted by atomic mass is 10.3. The maximum atomic E-state index is 13.2. The number of benzene rings is 1. The number of aliphatic imine (C=N–C) groups is 1. The first-order valence-electron chi connectivity index (χ1n) is 8.58. The van der Waals surface area contributed by atoms with Gasteiger partial charge in [0.2, 0.25) is 11.8 Å². The van der Waals surface area contributed by atoms with Crippen molar-refractivity contribution < 1.29 is 13.9 Å². The van der Waals surface area contributed by atoms with Crippen molar-refractivity contribution in [2.24, 2.45) is 4.99 Å². The molecule has 0 spiro atoms. The van der Waals surface area contributed by atoms with E-state index >= 15 is 0 Å². The van der Waals surface area contributed by atoms with Crippen molar-refractivity contribution in [3.05, 3.63) is 54.0 Å². The van der Waals surface area contributed by atoms with Gasteiger partial charge in [-0.15, -0.1) is 24.0 Å². The SMILES string of the molecule is CCNC(=NCc1ccc(Oc2cccc(F)c2)nc1)NCC(=O)N(C)C.I. The third-order valence-electron chi connectivity index (χ3n) is 3.49. The average molecular weight is 501 g/mol. The number of halogens is 2. The zero-order chi connectivity index (χ0) is 19.6. The topological polar surface area (TPSA) is 78.9 Å². The summed E-state index contributed by atoms with van der Waals surface area (Å²) in [7, 11) is 3.40. The number of pyridine rings is 1. The summed E-state index contributed by atoms with van der Waals surface area (Å²) in [4.78, 5) is 21.8. The Labute approximate surface area is 181 Å². The predicted octanol–water partition coefficient (Wildman–Crippen LogP) is 2.77. The molecule has 7 nitrogen and oxygen atoms in total. The van der Waals surface area contributed by atoms with Gasteiger partial charge in [-0.25, -0.2) is 14.4 Å². The van der Waals surface area contributed by atoms with Gasteiger partial charge in [-0.05, 0) is 24.6 Å². The summed E-state index contributed by atoms with van der Waals surface area (Å²) >= 11 is 0. The molecule has 0 radical (unpaired) electrons. The van der Waals surface area contributed by atoms with Crippen LogP contribution in [0.15, 0.2) is 47.6 Å². The van der Waals surface area contributed by atoms with Crippen molar-refractivity contribution in [2.45, 2.75) is 13.5 Å². The normalized spacial score (nSPS) is 10.6. The molecule has 1 heterocycles. The fourth-order valence-corrected chi connectivity index (χ4v) is 2.05. The van der Waals surface area contributed by atoms with E-state index in [1.54, 1.807) is 38.5 Å². The Kier molecular flexibility index (Phi) is 10.2.